The second kappa shape index (κ2) is 7.77. The number of pyridine rings is 1. The molecule has 1 N–H and O–H groups in total. The highest BCUT2D eigenvalue weighted by Gasteiger charge is 2.30. The van der Waals surface area contributed by atoms with Crippen LogP contribution >= 0.6 is 0 Å². The third-order valence-electron chi connectivity index (χ3n) is 4.05. The summed E-state index contributed by atoms with van der Waals surface area (Å²) < 4.78 is 5.55. The maximum atomic E-state index is 12.4. The van der Waals surface area contributed by atoms with E-state index < -0.39 is 5.60 Å². The van der Waals surface area contributed by atoms with Gasteiger partial charge in [-0.05, 0) is 59.1 Å². The van der Waals surface area contributed by atoms with E-state index in [0.29, 0.717) is 0 Å². The molecular weight excluding hydrogens is 290 g/mol. The van der Waals surface area contributed by atoms with E-state index in [-0.39, 0.29) is 18.2 Å². The van der Waals surface area contributed by atoms with Crippen LogP contribution in [0.5, 0.6) is 0 Å². The number of piperidine rings is 1. The van der Waals surface area contributed by atoms with Gasteiger partial charge in [0.25, 0.3) is 0 Å². The Morgan fingerprint density at radius 1 is 1.43 bits per heavy atom. The molecule has 0 saturated carbocycles. The molecule has 5 nitrogen and oxygen atoms in total. The molecule has 1 aromatic heterocycles. The van der Waals surface area contributed by atoms with Gasteiger partial charge >= 0.3 is 6.09 Å². The van der Waals surface area contributed by atoms with E-state index in [2.05, 4.69) is 17.2 Å². The van der Waals surface area contributed by atoms with Crippen LogP contribution < -0.4 is 5.32 Å². The first-order valence-electron chi connectivity index (χ1n) is 8.51. The van der Waals surface area contributed by atoms with Crippen molar-refractivity contribution in [1.82, 2.24) is 15.2 Å². The maximum Gasteiger partial charge on any atom is 0.410 e. The van der Waals surface area contributed by atoms with Gasteiger partial charge in [-0.2, -0.15) is 0 Å². The van der Waals surface area contributed by atoms with Crippen LogP contribution in [0.4, 0.5) is 4.79 Å². The van der Waals surface area contributed by atoms with Gasteiger partial charge in [-0.15, -0.1) is 0 Å². The lowest BCUT2D eigenvalue weighted by Gasteiger charge is -2.37. The minimum Gasteiger partial charge on any atom is -0.444 e. The molecule has 1 aliphatic rings. The summed E-state index contributed by atoms with van der Waals surface area (Å²) in [4.78, 5) is 18.7. The summed E-state index contributed by atoms with van der Waals surface area (Å²) in [6.07, 6.45) is 4.83. The number of rotatable bonds is 4. The molecule has 2 rings (SSSR count). The number of amides is 1. The van der Waals surface area contributed by atoms with Crippen molar-refractivity contribution in [2.75, 3.05) is 13.1 Å². The molecule has 128 valence electrons. The molecule has 1 fully saturated rings. The number of aromatic nitrogens is 1. The van der Waals surface area contributed by atoms with E-state index in [1.54, 1.807) is 6.20 Å². The average molecular weight is 319 g/mol. The summed E-state index contributed by atoms with van der Waals surface area (Å²) >= 11 is 0. The predicted octanol–water partition coefficient (Wildman–Crippen LogP) is 3.52. The molecule has 23 heavy (non-hydrogen) atoms. The molecule has 2 atom stereocenters. The zero-order chi connectivity index (χ0) is 16.9. The number of carbonyl (C=O) groups is 1. The Morgan fingerprint density at radius 2 is 2.22 bits per heavy atom. The van der Waals surface area contributed by atoms with Gasteiger partial charge in [0.1, 0.15) is 5.60 Å². The first-order valence-corrected chi connectivity index (χ1v) is 8.51. The smallest absolute Gasteiger partial charge is 0.410 e. The third kappa shape index (κ3) is 5.50. The second-order valence-corrected chi connectivity index (χ2v) is 7.21. The van der Waals surface area contributed by atoms with Crippen molar-refractivity contribution in [3.8, 4) is 0 Å². The monoisotopic (exact) mass is 319 g/mol. The van der Waals surface area contributed by atoms with Gasteiger partial charge in [-0.1, -0.05) is 6.07 Å². The van der Waals surface area contributed by atoms with Crippen LogP contribution in [-0.2, 0) is 4.74 Å². The van der Waals surface area contributed by atoms with Crippen molar-refractivity contribution in [3.63, 3.8) is 0 Å². The van der Waals surface area contributed by atoms with Crippen molar-refractivity contribution in [3.05, 3.63) is 30.1 Å². The molecule has 0 unspecified atom stereocenters. The van der Waals surface area contributed by atoms with E-state index in [9.17, 15) is 4.79 Å². The number of hydrogen-bond acceptors (Lipinski definition) is 4. The minimum absolute atomic E-state index is 0.165. The lowest BCUT2D eigenvalue weighted by atomic mass is 10.0. The van der Waals surface area contributed by atoms with Crippen molar-refractivity contribution < 1.29 is 9.53 Å². The largest absolute Gasteiger partial charge is 0.444 e. The van der Waals surface area contributed by atoms with Crippen LogP contribution in [0.2, 0.25) is 0 Å². The number of nitrogens with one attached hydrogen (secondary N) is 1. The molecule has 5 heteroatoms. The Balaban J connectivity index is 1.92. The highest BCUT2D eigenvalue weighted by molar-refractivity contribution is 5.68. The van der Waals surface area contributed by atoms with Gasteiger partial charge in [-0.3, -0.25) is 4.98 Å². The molecule has 1 saturated heterocycles. The first kappa shape index (κ1) is 17.7. The minimum atomic E-state index is -0.451. The van der Waals surface area contributed by atoms with Crippen molar-refractivity contribution in [2.45, 2.75) is 64.6 Å². The molecule has 0 aromatic carbocycles. The molecule has 2 heterocycles. The lowest BCUT2D eigenvalue weighted by Crippen LogP contribution is -2.50. The van der Waals surface area contributed by atoms with Gasteiger partial charge in [0.2, 0.25) is 0 Å². The van der Waals surface area contributed by atoms with Gasteiger partial charge in [-0.25, -0.2) is 4.79 Å². The fourth-order valence-corrected chi connectivity index (χ4v) is 2.82. The number of hydrogen-bond donors (Lipinski definition) is 1. The Bertz CT molecular complexity index is 499. The number of carbonyl (C=O) groups excluding carboxylic acids is 1. The highest BCUT2D eigenvalue weighted by Crippen LogP contribution is 2.21. The van der Waals surface area contributed by atoms with E-state index >= 15 is 0 Å². The van der Waals surface area contributed by atoms with E-state index in [1.165, 1.54) is 0 Å². The van der Waals surface area contributed by atoms with Crippen LogP contribution in [0.25, 0.3) is 0 Å². The third-order valence-corrected chi connectivity index (χ3v) is 4.05. The summed E-state index contributed by atoms with van der Waals surface area (Å²) in [5.41, 5.74) is 0.570. The van der Waals surface area contributed by atoms with Crippen molar-refractivity contribution >= 4 is 6.09 Å². The van der Waals surface area contributed by atoms with Gasteiger partial charge in [0.15, 0.2) is 0 Å². The zero-order valence-electron chi connectivity index (χ0n) is 14.7. The average Bonchev–Trinajstić information content (AvgIpc) is 2.52. The SMILES string of the molecule is C[C@@H](NC[C@@H]1CCCCN1C(=O)OC(C)(C)C)c1ccccn1. The molecule has 0 aliphatic carbocycles. The molecule has 0 radical (unpaired) electrons. The van der Waals surface area contributed by atoms with E-state index in [0.717, 1.165) is 38.0 Å². The van der Waals surface area contributed by atoms with Crippen LogP contribution in [0.3, 0.4) is 0 Å². The molecule has 0 spiro atoms. The maximum absolute atomic E-state index is 12.4. The highest BCUT2D eigenvalue weighted by atomic mass is 16.6. The summed E-state index contributed by atoms with van der Waals surface area (Å²) in [6.45, 7) is 9.36. The number of likely N-dealkylation sites (tertiary alicyclic amines) is 1. The normalized spacial score (nSPS) is 20.2. The molecule has 0 bridgehead atoms. The Labute approximate surface area is 139 Å². The molecule has 1 aromatic rings. The van der Waals surface area contributed by atoms with Crippen molar-refractivity contribution in [1.29, 1.82) is 0 Å². The van der Waals surface area contributed by atoms with E-state index in [1.807, 2.05) is 43.9 Å². The second-order valence-electron chi connectivity index (χ2n) is 7.21. The Kier molecular flexibility index (Phi) is 5.99. The van der Waals surface area contributed by atoms with Gasteiger partial charge < -0.3 is 15.0 Å². The Morgan fingerprint density at radius 3 is 2.87 bits per heavy atom. The van der Waals surface area contributed by atoms with Crippen LogP contribution in [0.15, 0.2) is 24.4 Å². The Hall–Kier alpha value is -1.62. The summed E-state index contributed by atoms with van der Waals surface area (Å²) in [5.74, 6) is 0. The topological polar surface area (TPSA) is 54.5 Å². The first-order chi connectivity index (χ1) is 10.9. The quantitative estimate of drug-likeness (QED) is 0.922. The van der Waals surface area contributed by atoms with Gasteiger partial charge in [0, 0.05) is 31.4 Å². The lowest BCUT2D eigenvalue weighted by molar-refractivity contribution is 0.00969. The summed E-state index contributed by atoms with van der Waals surface area (Å²) in [5, 5.41) is 3.50. The van der Waals surface area contributed by atoms with E-state index in [4.69, 9.17) is 4.74 Å². The van der Waals surface area contributed by atoms with Crippen LogP contribution in [0, 0.1) is 0 Å². The van der Waals surface area contributed by atoms with Crippen molar-refractivity contribution in [2.24, 2.45) is 0 Å². The summed E-state index contributed by atoms with van der Waals surface area (Å²) in [7, 11) is 0. The number of nitrogens with zero attached hydrogens (tertiary/aromatic N) is 2. The molecular formula is C18H29N3O2. The predicted molar refractivity (Wildman–Crippen MR) is 91.2 cm³/mol. The van der Waals surface area contributed by atoms with Crippen LogP contribution in [-0.4, -0.2) is 40.7 Å². The standard InChI is InChI=1S/C18H29N3O2/c1-14(16-10-5-7-11-19-16)20-13-15-9-6-8-12-21(15)17(22)23-18(2,3)4/h5,7,10-11,14-15,20H,6,8-9,12-13H2,1-4H3/t14-,15+/m1/s1. The fourth-order valence-electron chi connectivity index (χ4n) is 2.82. The summed E-state index contributed by atoms with van der Waals surface area (Å²) in [6, 6.07) is 6.28. The molecule has 1 amide bonds. The van der Waals surface area contributed by atoms with Gasteiger partial charge in [0.05, 0.1) is 5.69 Å². The zero-order valence-corrected chi connectivity index (χ0v) is 14.7. The molecule has 1 aliphatic heterocycles. The number of ether oxygens (including phenoxy) is 1. The fraction of sp³-hybridized carbons (Fsp3) is 0.667. The van der Waals surface area contributed by atoms with Crippen LogP contribution in [0.1, 0.15) is 58.7 Å².